The second-order valence-electron chi connectivity index (χ2n) is 5.56. The average Bonchev–Trinajstić information content (AvgIpc) is 2.47. The van der Waals surface area contributed by atoms with Crippen LogP contribution in [0.2, 0.25) is 0 Å². The number of rotatable bonds is 0. The molecule has 0 radical (unpaired) electrons. The van der Waals surface area contributed by atoms with Crippen LogP contribution >= 0.6 is 0 Å². The Morgan fingerprint density at radius 2 is 2.05 bits per heavy atom. The molecule has 0 N–H and O–H groups in total. The number of carbonyl (C=O) groups is 1. The summed E-state index contributed by atoms with van der Waals surface area (Å²) in [7, 11) is -3.73. The highest BCUT2D eigenvalue weighted by molar-refractivity contribution is 7.84. The van der Waals surface area contributed by atoms with Crippen LogP contribution in [0.25, 0.3) is 0 Å². The van der Waals surface area contributed by atoms with Crippen molar-refractivity contribution < 1.29 is 22.1 Å². The molecule has 2 rings (SSSR count). The molecule has 7 nitrogen and oxygen atoms in total. The van der Waals surface area contributed by atoms with E-state index in [2.05, 4.69) is 6.58 Å². The van der Waals surface area contributed by atoms with Crippen LogP contribution < -0.4 is 0 Å². The van der Waals surface area contributed by atoms with Crippen molar-refractivity contribution in [1.82, 2.24) is 9.21 Å². The molecule has 0 spiro atoms. The predicted molar refractivity (Wildman–Crippen MR) is 67.4 cm³/mol. The fourth-order valence-electron chi connectivity index (χ4n) is 2.03. The fourth-order valence-corrected chi connectivity index (χ4v) is 3.31. The van der Waals surface area contributed by atoms with Crippen molar-refractivity contribution in [3.8, 4) is 0 Å². The van der Waals surface area contributed by atoms with Gasteiger partial charge in [-0.05, 0) is 20.8 Å². The van der Waals surface area contributed by atoms with Gasteiger partial charge in [0.15, 0.2) is 0 Å². The first kappa shape index (κ1) is 14.1. The molecule has 0 aromatic heterocycles. The van der Waals surface area contributed by atoms with Crippen LogP contribution in [0.5, 0.6) is 0 Å². The number of fused-ring (bicyclic) bond motifs is 1. The first-order valence-corrected chi connectivity index (χ1v) is 7.35. The van der Waals surface area contributed by atoms with Gasteiger partial charge >= 0.3 is 16.4 Å². The highest BCUT2D eigenvalue weighted by Gasteiger charge is 2.47. The maximum atomic E-state index is 11.9. The van der Waals surface area contributed by atoms with E-state index in [1.165, 1.54) is 9.21 Å². The number of hydrogen-bond donors (Lipinski definition) is 0. The van der Waals surface area contributed by atoms with Crippen LogP contribution in [-0.2, 0) is 19.2 Å². The third kappa shape index (κ3) is 2.84. The number of hydrogen-bond acceptors (Lipinski definition) is 5. The zero-order chi connectivity index (χ0) is 14.4. The third-order valence-electron chi connectivity index (χ3n) is 2.85. The Labute approximate surface area is 113 Å². The SMILES string of the molecule is C=C1OS(=O)(=O)N2CCN(C(=O)OC(C)(C)C)CC12. The Morgan fingerprint density at radius 1 is 1.42 bits per heavy atom. The molecule has 2 fully saturated rings. The average molecular weight is 290 g/mol. The highest BCUT2D eigenvalue weighted by atomic mass is 32.2. The van der Waals surface area contributed by atoms with Crippen LogP contribution in [0.1, 0.15) is 20.8 Å². The van der Waals surface area contributed by atoms with Gasteiger partial charge in [-0.3, -0.25) is 0 Å². The highest BCUT2D eigenvalue weighted by Crippen LogP contribution is 2.30. The van der Waals surface area contributed by atoms with E-state index >= 15 is 0 Å². The van der Waals surface area contributed by atoms with E-state index in [1.807, 2.05) is 0 Å². The molecule has 0 aromatic carbocycles. The van der Waals surface area contributed by atoms with E-state index in [9.17, 15) is 13.2 Å². The molecule has 8 heteroatoms. The summed E-state index contributed by atoms with van der Waals surface area (Å²) in [5.74, 6) is 0.147. The minimum atomic E-state index is -3.73. The lowest BCUT2D eigenvalue weighted by atomic mass is 10.2. The standard InChI is InChI=1S/C11H18N2O5S/c1-8-9-7-12(10(14)17-11(2,3)4)5-6-13(9)19(15,16)18-8/h9H,1,5-7H2,2-4H3. The first-order chi connectivity index (χ1) is 8.60. The van der Waals surface area contributed by atoms with E-state index in [-0.39, 0.29) is 25.4 Å². The van der Waals surface area contributed by atoms with Gasteiger partial charge in [-0.1, -0.05) is 6.58 Å². The summed E-state index contributed by atoms with van der Waals surface area (Å²) in [5, 5.41) is 0. The molecule has 0 aromatic rings. The normalized spacial score (nSPS) is 26.8. The smallest absolute Gasteiger partial charge is 0.410 e. The van der Waals surface area contributed by atoms with Gasteiger partial charge in [0, 0.05) is 19.6 Å². The molecule has 0 bridgehead atoms. The summed E-state index contributed by atoms with van der Waals surface area (Å²) in [6.07, 6.45) is -0.454. The summed E-state index contributed by atoms with van der Waals surface area (Å²) in [6, 6.07) is -0.522. The Balaban J connectivity index is 2.07. The molecule has 0 saturated carbocycles. The lowest BCUT2D eigenvalue weighted by Gasteiger charge is -2.35. The molecule has 2 saturated heterocycles. The topological polar surface area (TPSA) is 76.2 Å². The quantitative estimate of drug-likeness (QED) is 0.656. The third-order valence-corrected chi connectivity index (χ3v) is 4.29. The zero-order valence-electron chi connectivity index (χ0n) is 11.2. The van der Waals surface area contributed by atoms with Crippen molar-refractivity contribution in [2.24, 2.45) is 0 Å². The van der Waals surface area contributed by atoms with E-state index in [0.717, 1.165) is 0 Å². The van der Waals surface area contributed by atoms with Gasteiger partial charge in [0.05, 0.1) is 0 Å². The number of amides is 1. The largest absolute Gasteiger partial charge is 0.444 e. The molecular weight excluding hydrogens is 272 g/mol. The van der Waals surface area contributed by atoms with Gasteiger partial charge in [0.25, 0.3) is 0 Å². The fraction of sp³-hybridized carbons (Fsp3) is 0.727. The van der Waals surface area contributed by atoms with Crippen LogP contribution in [0.3, 0.4) is 0 Å². The van der Waals surface area contributed by atoms with Crippen LogP contribution in [0, 0.1) is 0 Å². The molecular formula is C11H18N2O5S. The number of carbonyl (C=O) groups excluding carboxylic acids is 1. The van der Waals surface area contributed by atoms with Crippen molar-refractivity contribution in [3.05, 3.63) is 12.3 Å². The maximum absolute atomic E-state index is 11.9. The molecule has 108 valence electrons. The van der Waals surface area contributed by atoms with Crippen molar-refractivity contribution in [2.45, 2.75) is 32.4 Å². The Morgan fingerprint density at radius 3 is 2.63 bits per heavy atom. The van der Waals surface area contributed by atoms with Crippen LogP contribution in [-0.4, -0.2) is 55.0 Å². The lowest BCUT2D eigenvalue weighted by Crippen LogP contribution is -2.54. The first-order valence-electron chi connectivity index (χ1n) is 5.98. The lowest BCUT2D eigenvalue weighted by molar-refractivity contribution is 0.0159. The number of ether oxygens (including phenoxy) is 1. The van der Waals surface area contributed by atoms with Gasteiger partial charge < -0.3 is 13.8 Å². The minimum absolute atomic E-state index is 0.147. The molecule has 19 heavy (non-hydrogen) atoms. The second-order valence-corrected chi connectivity index (χ2v) is 7.05. The maximum Gasteiger partial charge on any atom is 0.410 e. The Bertz CT molecular complexity index is 508. The second kappa shape index (κ2) is 4.38. The van der Waals surface area contributed by atoms with Crippen molar-refractivity contribution >= 4 is 16.4 Å². The zero-order valence-corrected chi connectivity index (χ0v) is 12.1. The van der Waals surface area contributed by atoms with Gasteiger partial charge in [-0.2, -0.15) is 12.7 Å². The minimum Gasteiger partial charge on any atom is -0.444 e. The monoisotopic (exact) mass is 290 g/mol. The molecule has 1 unspecified atom stereocenters. The molecule has 1 amide bonds. The molecule has 1 atom stereocenters. The van der Waals surface area contributed by atoms with Gasteiger partial charge in [-0.25, -0.2) is 4.79 Å². The van der Waals surface area contributed by atoms with Gasteiger partial charge in [0.2, 0.25) is 0 Å². The van der Waals surface area contributed by atoms with E-state index in [0.29, 0.717) is 0 Å². The summed E-state index contributed by atoms with van der Waals surface area (Å²) in [6.45, 7) is 9.59. The van der Waals surface area contributed by atoms with Crippen LogP contribution in [0.4, 0.5) is 4.79 Å². The van der Waals surface area contributed by atoms with Crippen LogP contribution in [0.15, 0.2) is 12.3 Å². The summed E-state index contributed by atoms with van der Waals surface area (Å²) in [4.78, 5) is 13.4. The van der Waals surface area contributed by atoms with Crippen molar-refractivity contribution in [3.63, 3.8) is 0 Å². The van der Waals surface area contributed by atoms with Gasteiger partial charge in [0.1, 0.15) is 17.4 Å². The van der Waals surface area contributed by atoms with Crippen molar-refractivity contribution in [1.29, 1.82) is 0 Å². The summed E-state index contributed by atoms with van der Waals surface area (Å²) < 4.78 is 34.5. The number of piperazine rings is 1. The van der Waals surface area contributed by atoms with Crippen molar-refractivity contribution in [2.75, 3.05) is 19.6 Å². The van der Waals surface area contributed by atoms with E-state index in [4.69, 9.17) is 8.92 Å². The molecule has 2 heterocycles. The molecule has 2 aliphatic rings. The summed E-state index contributed by atoms with van der Waals surface area (Å²) in [5.41, 5.74) is -0.580. The molecule has 0 aliphatic carbocycles. The predicted octanol–water partition coefficient (Wildman–Crippen LogP) is 0.696. The van der Waals surface area contributed by atoms with Gasteiger partial charge in [-0.15, -0.1) is 0 Å². The number of nitrogens with zero attached hydrogens (tertiary/aromatic N) is 2. The summed E-state index contributed by atoms with van der Waals surface area (Å²) >= 11 is 0. The molecule has 2 aliphatic heterocycles. The van der Waals surface area contributed by atoms with E-state index < -0.39 is 28.0 Å². The Kier molecular flexibility index (Phi) is 3.26. The van der Waals surface area contributed by atoms with E-state index in [1.54, 1.807) is 20.8 Å². The Hall–Kier alpha value is -1.28.